The highest BCUT2D eigenvalue weighted by atomic mass is 16.5. The van der Waals surface area contributed by atoms with Crippen molar-refractivity contribution in [1.29, 1.82) is 0 Å². The van der Waals surface area contributed by atoms with Crippen molar-refractivity contribution in [2.24, 2.45) is 0 Å². The molecule has 0 saturated carbocycles. The first-order chi connectivity index (χ1) is 10.8. The average Bonchev–Trinajstić information content (AvgIpc) is 2.47. The summed E-state index contributed by atoms with van der Waals surface area (Å²) in [7, 11) is 1.23. The highest BCUT2D eigenvalue weighted by Crippen LogP contribution is 2.22. The number of carbonyl (C=O) groups is 2. The van der Waals surface area contributed by atoms with Crippen LogP contribution in [0.2, 0.25) is 0 Å². The molecule has 2 aromatic rings. The van der Waals surface area contributed by atoms with Crippen molar-refractivity contribution < 1.29 is 19.1 Å². The fourth-order valence-electron chi connectivity index (χ4n) is 2.38. The lowest BCUT2D eigenvalue weighted by molar-refractivity contribution is -0.131. The van der Waals surface area contributed by atoms with Gasteiger partial charge in [0.05, 0.1) is 7.11 Å². The molecule has 0 aliphatic heterocycles. The van der Waals surface area contributed by atoms with Crippen LogP contribution in [-0.2, 0) is 9.53 Å². The van der Waals surface area contributed by atoms with Crippen LogP contribution >= 0.6 is 0 Å². The summed E-state index contributed by atoms with van der Waals surface area (Å²) in [5.41, 5.74) is 1.68. The van der Waals surface area contributed by atoms with Gasteiger partial charge in [0, 0.05) is 30.6 Å². The zero-order valence-corrected chi connectivity index (χ0v) is 13.4. The van der Waals surface area contributed by atoms with E-state index in [1.807, 2.05) is 6.92 Å². The lowest BCUT2D eigenvalue weighted by atomic mass is 10.1. The van der Waals surface area contributed by atoms with Gasteiger partial charge in [0.2, 0.25) is 0 Å². The number of rotatable bonds is 3. The second-order valence-corrected chi connectivity index (χ2v) is 5.04. The van der Waals surface area contributed by atoms with E-state index in [2.05, 4.69) is 4.74 Å². The largest absolute Gasteiger partial charge is 0.465 e. The maximum Gasteiger partial charge on any atom is 0.343 e. The Kier molecular flexibility index (Phi) is 4.64. The zero-order chi connectivity index (χ0) is 17.1. The Hall–Kier alpha value is -2.89. The Morgan fingerprint density at radius 2 is 1.83 bits per heavy atom. The normalized spacial score (nSPS) is 10.3. The minimum Gasteiger partial charge on any atom is -0.465 e. The van der Waals surface area contributed by atoms with Crippen LogP contribution in [0.3, 0.4) is 0 Å². The maximum absolute atomic E-state index is 11.9. The number of ether oxygens (including phenoxy) is 2. The van der Waals surface area contributed by atoms with E-state index >= 15 is 0 Å². The molecule has 0 amide bonds. The number of esters is 2. The van der Waals surface area contributed by atoms with E-state index in [1.165, 1.54) is 20.1 Å². The molecule has 0 radical (unpaired) electrons. The third kappa shape index (κ3) is 3.31. The monoisotopic (exact) mass is 315 g/mol. The molecule has 120 valence electrons. The molecule has 23 heavy (non-hydrogen) atoms. The predicted octanol–water partition coefficient (Wildman–Crippen LogP) is 2.17. The third-order valence-electron chi connectivity index (χ3n) is 3.42. The van der Waals surface area contributed by atoms with Crippen LogP contribution in [0.25, 0.3) is 5.69 Å². The lowest BCUT2D eigenvalue weighted by Crippen LogP contribution is -2.21. The maximum atomic E-state index is 11.9. The molecule has 1 aromatic carbocycles. The molecule has 0 bridgehead atoms. The number of hydrogen-bond acceptors (Lipinski definition) is 5. The summed E-state index contributed by atoms with van der Waals surface area (Å²) in [6.45, 7) is 4.85. The summed E-state index contributed by atoms with van der Waals surface area (Å²) in [5, 5.41) is 0. The second kappa shape index (κ2) is 6.48. The summed E-state index contributed by atoms with van der Waals surface area (Å²) >= 11 is 0. The lowest BCUT2D eigenvalue weighted by Gasteiger charge is -2.16. The van der Waals surface area contributed by atoms with Crippen LogP contribution in [-0.4, -0.2) is 23.6 Å². The summed E-state index contributed by atoms with van der Waals surface area (Å²) in [6.07, 6.45) is 1.60. The number of hydrogen-bond donors (Lipinski definition) is 0. The van der Waals surface area contributed by atoms with Crippen LogP contribution in [0.15, 0.2) is 35.3 Å². The zero-order valence-electron chi connectivity index (χ0n) is 13.4. The van der Waals surface area contributed by atoms with Gasteiger partial charge >= 0.3 is 11.9 Å². The first kappa shape index (κ1) is 16.5. The molecule has 6 heteroatoms. The fourth-order valence-corrected chi connectivity index (χ4v) is 2.38. The van der Waals surface area contributed by atoms with Gasteiger partial charge in [-0.05, 0) is 37.6 Å². The van der Waals surface area contributed by atoms with Crippen molar-refractivity contribution in [2.45, 2.75) is 20.8 Å². The summed E-state index contributed by atoms with van der Waals surface area (Å²) in [4.78, 5) is 34.7. The number of nitrogens with zero attached hydrogens (tertiary/aromatic N) is 1. The van der Waals surface area contributed by atoms with Crippen LogP contribution < -0.4 is 10.2 Å². The number of methoxy groups -OCH3 is 1. The van der Waals surface area contributed by atoms with Gasteiger partial charge in [-0.2, -0.15) is 0 Å². The van der Waals surface area contributed by atoms with E-state index in [0.717, 1.165) is 11.3 Å². The summed E-state index contributed by atoms with van der Waals surface area (Å²) < 4.78 is 11.4. The Morgan fingerprint density at radius 3 is 2.39 bits per heavy atom. The molecule has 0 aliphatic carbocycles. The van der Waals surface area contributed by atoms with Crippen molar-refractivity contribution in [3.63, 3.8) is 0 Å². The minimum absolute atomic E-state index is 0.00142. The van der Waals surface area contributed by atoms with Crippen molar-refractivity contribution >= 4 is 11.9 Å². The Bertz CT molecular complexity index is 835. The smallest absolute Gasteiger partial charge is 0.343 e. The van der Waals surface area contributed by atoms with Crippen molar-refractivity contribution in [1.82, 2.24) is 4.57 Å². The number of carbonyl (C=O) groups excluding carboxylic acids is 2. The second-order valence-electron chi connectivity index (χ2n) is 5.04. The topological polar surface area (TPSA) is 74.6 Å². The Balaban J connectivity index is 2.57. The Labute approximate surface area is 133 Å². The molecular weight excluding hydrogens is 298 g/mol. The molecular formula is C17H17NO5. The minimum atomic E-state index is -0.670. The van der Waals surface area contributed by atoms with Crippen LogP contribution in [0.5, 0.6) is 5.75 Å². The Morgan fingerprint density at radius 1 is 1.13 bits per heavy atom. The van der Waals surface area contributed by atoms with Crippen LogP contribution in [0.4, 0.5) is 0 Å². The van der Waals surface area contributed by atoms with Crippen LogP contribution in [0.1, 0.15) is 28.5 Å². The summed E-state index contributed by atoms with van der Waals surface area (Å²) in [5.74, 6) is -0.633. The fraction of sp³-hybridized carbons (Fsp3) is 0.235. The van der Waals surface area contributed by atoms with Gasteiger partial charge in [-0.15, -0.1) is 0 Å². The molecule has 6 nitrogen and oxygen atoms in total. The molecule has 0 saturated heterocycles. The van der Waals surface area contributed by atoms with Gasteiger partial charge in [0.1, 0.15) is 11.3 Å². The predicted molar refractivity (Wildman–Crippen MR) is 84.2 cm³/mol. The van der Waals surface area contributed by atoms with Gasteiger partial charge in [-0.1, -0.05) is 0 Å². The molecule has 0 unspecified atom stereocenters. The van der Waals surface area contributed by atoms with Crippen LogP contribution in [0, 0.1) is 13.8 Å². The molecule has 0 aliphatic rings. The number of benzene rings is 1. The molecule has 1 heterocycles. The first-order valence-electron chi connectivity index (χ1n) is 6.95. The standard InChI is InChI=1S/C17H17NO5/c1-10-9-13(23-12(3)19)5-6-14(10)18-8-7-15(20)16(11(18)2)17(21)22-4/h5-9H,1-4H3. The molecule has 2 rings (SSSR count). The van der Waals surface area contributed by atoms with Crippen molar-refractivity contribution in [2.75, 3.05) is 7.11 Å². The summed E-state index contributed by atoms with van der Waals surface area (Å²) in [6, 6.07) is 6.44. The molecule has 0 spiro atoms. The quantitative estimate of drug-likeness (QED) is 0.641. The van der Waals surface area contributed by atoms with E-state index < -0.39 is 11.9 Å². The van der Waals surface area contributed by atoms with Gasteiger partial charge in [-0.25, -0.2) is 4.79 Å². The molecule has 0 N–H and O–H groups in total. The van der Waals surface area contributed by atoms with E-state index in [-0.39, 0.29) is 11.0 Å². The van der Waals surface area contributed by atoms with Gasteiger partial charge in [0.25, 0.3) is 0 Å². The highest BCUT2D eigenvalue weighted by Gasteiger charge is 2.17. The van der Waals surface area contributed by atoms with E-state index in [9.17, 15) is 14.4 Å². The number of pyridine rings is 1. The van der Waals surface area contributed by atoms with Gasteiger partial charge in [0.15, 0.2) is 5.43 Å². The first-order valence-corrected chi connectivity index (χ1v) is 6.95. The number of aryl methyl sites for hydroxylation is 1. The van der Waals surface area contributed by atoms with E-state index in [4.69, 9.17) is 4.74 Å². The van der Waals surface area contributed by atoms with Gasteiger partial charge in [-0.3, -0.25) is 9.59 Å². The molecule has 0 atom stereocenters. The average molecular weight is 315 g/mol. The third-order valence-corrected chi connectivity index (χ3v) is 3.42. The van der Waals surface area contributed by atoms with Crippen molar-refractivity contribution in [3.8, 4) is 11.4 Å². The molecule has 1 aromatic heterocycles. The van der Waals surface area contributed by atoms with Crippen molar-refractivity contribution in [3.05, 3.63) is 57.5 Å². The highest BCUT2D eigenvalue weighted by molar-refractivity contribution is 5.90. The number of aromatic nitrogens is 1. The molecule has 0 fully saturated rings. The van der Waals surface area contributed by atoms with E-state index in [1.54, 1.807) is 35.9 Å². The van der Waals surface area contributed by atoms with Gasteiger partial charge < -0.3 is 14.0 Å². The SMILES string of the molecule is COC(=O)c1c(C)n(-c2ccc(OC(C)=O)cc2C)ccc1=O. The van der Waals surface area contributed by atoms with E-state index in [0.29, 0.717) is 11.4 Å².